The first-order chi connectivity index (χ1) is 9.78. The molecule has 0 fully saturated rings. The number of ether oxygens (including phenoxy) is 1. The number of hydrogen-bond donors (Lipinski definition) is 2. The van der Waals surface area contributed by atoms with Crippen LogP contribution in [0.15, 0.2) is 29.2 Å². The van der Waals surface area contributed by atoms with Crippen LogP contribution in [0.1, 0.15) is 17.3 Å². The average molecular weight is 319 g/mol. The van der Waals surface area contributed by atoms with E-state index < -0.39 is 23.2 Å². The fourth-order valence-electron chi connectivity index (χ4n) is 1.55. The van der Waals surface area contributed by atoms with E-state index in [9.17, 15) is 18.4 Å². The Morgan fingerprint density at radius 3 is 2.38 bits per heavy atom. The molecule has 0 bridgehead atoms. The molecule has 0 aliphatic rings. The van der Waals surface area contributed by atoms with E-state index in [4.69, 9.17) is 9.84 Å². The molecule has 8 heteroatoms. The molecule has 1 rings (SSSR count). The van der Waals surface area contributed by atoms with Crippen LogP contribution in [0, 0.1) is 0 Å². The molecule has 0 saturated heterocycles. The second-order valence-electron chi connectivity index (χ2n) is 4.43. The van der Waals surface area contributed by atoms with Gasteiger partial charge in [0.2, 0.25) is 0 Å². The predicted octanol–water partition coefficient (Wildman–Crippen LogP) is 2.22. The maximum Gasteiger partial charge on any atom is 0.331 e. The predicted molar refractivity (Wildman–Crippen MR) is 73.7 cm³/mol. The first-order valence-electron chi connectivity index (χ1n) is 5.88. The van der Waals surface area contributed by atoms with Gasteiger partial charge >= 0.3 is 5.97 Å². The summed E-state index contributed by atoms with van der Waals surface area (Å²) >= 11 is 0.366. The number of aliphatic carboxylic acids is 1. The zero-order valence-electron chi connectivity index (χ0n) is 11.4. The Kier molecular flexibility index (Phi) is 6.10. The van der Waals surface area contributed by atoms with E-state index in [2.05, 4.69) is 5.32 Å². The van der Waals surface area contributed by atoms with Crippen LogP contribution in [0.4, 0.5) is 8.78 Å². The highest BCUT2D eigenvalue weighted by atomic mass is 32.2. The van der Waals surface area contributed by atoms with E-state index >= 15 is 0 Å². The highest BCUT2D eigenvalue weighted by Gasteiger charge is 2.35. The number of nitrogens with one attached hydrogen (secondary N) is 1. The maximum absolute atomic E-state index is 12.2. The summed E-state index contributed by atoms with van der Waals surface area (Å²) in [4.78, 5) is 23.5. The van der Waals surface area contributed by atoms with Gasteiger partial charge in [0.05, 0.1) is 6.61 Å². The molecule has 21 heavy (non-hydrogen) atoms. The Labute approximate surface area is 124 Å². The van der Waals surface area contributed by atoms with Crippen molar-refractivity contribution in [3.63, 3.8) is 0 Å². The van der Waals surface area contributed by atoms with Crippen LogP contribution in [0.3, 0.4) is 0 Å². The molecule has 0 aromatic heterocycles. The largest absolute Gasteiger partial charge is 0.479 e. The second kappa shape index (κ2) is 7.37. The highest BCUT2D eigenvalue weighted by Crippen LogP contribution is 2.25. The SMILES string of the molecule is COCC(C)(NC(=O)c1ccc(SC(F)F)cc1)C(=O)O. The Morgan fingerprint density at radius 1 is 1.38 bits per heavy atom. The van der Waals surface area contributed by atoms with E-state index in [0.29, 0.717) is 16.7 Å². The minimum Gasteiger partial charge on any atom is -0.479 e. The van der Waals surface area contributed by atoms with Crippen LogP contribution in [0.2, 0.25) is 0 Å². The van der Waals surface area contributed by atoms with E-state index in [-0.39, 0.29) is 12.2 Å². The molecule has 5 nitrogen and oxygen atoms in total. The molecule has 1 aromatic rings. The summed E-state index contributed by atoms with van der Waals surface area (Å²) < 4.78 is 29.1. The number of rotatable bonds is 7. The molecule has 0 spiro atoms. The molecule has 1 atom stereocenters. The lowest BCUT2D eigenvalue weighted by Crippen LogP contribution is -2.55. The standard InChI is InChI=1S/C13H15F2NO4S/c1-13(7-20-2,11(18)19)16-10(17)8-3-5-9(6-4-8)21-12(14)15/h3-6,12H,7H2,1-2H3,(H,16,17)(H,18,19). The van der Waals surface area contributed by atoms with Crippen LogP contribution < -0.4 is 5.32 Å². The average Bonchev–Trinajstić information content (AvgIpc) is 2.38. The summed E-state index contributed by atoms with van der Waals surface area (Å²) in [6.07, 6.45) is 0. The lowest BCUT2D eigenvalue weighted by atomic mass is 10.0. The molecule has 0 heterocycles. The van der Waals surface area contributed by atoms with Gasteiger partial charge in [0.25, 0.3) is 11.7 Å². The number of thioether (sulfide) groups is 1. The van der Waals surface area contributed by atoms with Crippen molar-refractivity contribution < 1.29 is 28.2 Å². The maximum atomic E-state index is 12.2. The zero-order chi connectivity index (χ0) is 16.0. The Morgan fingerprint density at radius 2 is 1.95 bits per heavy atom. The van der Waals surface area contributed by atoms with Crippen molar-refractivity contribution in [2.75, 3.05) is 13.7 Å². The van der Waals surface area contributed by atoms with Crippen molar-refractivity contribution in [1.29, 1.82) is 0 Å². The number of alkyl halides is 2. The van der Waals surface area contributed by atoms with Gasteiger partial charge in [-0.3, -0.25) is 4.79 Å². The zero-order valence-corrected chi connectivity index (χ0v) is 12.2. The van der Waals surface area contributed by atoms with Crippen LogP contribution in [-0.4, -0.2) is 42.0 Å². The van der Waals surface area contributed by atoms with Crippen molar-refractivity contribution in [1.82, 2.24) is 5.32 Å². The molecular weight excluding hydrogens is 304 g/mol. The van der Waals surface area contributed by atoms with Gasteiger partial charge in [-0.05, 0) is 31.2 Å². The quantitative estimate of drug-likeness (QED) is 0.754. The molecule has 1 unspecified atom stereocenters. The van der Waals surface area contributed by atoms with Crippen LogP contribution in [0.5, 0.6) is 0 Å². The number of halogens is 2. The molecule has 116 valence electrons. The lowest BCUT2D eigenvalue weighted by molar-refractivity contribution is -0.145. The van der Waals surface area contributed by atoms with Gasteiger partial charge in [-0.25, -0.2) is 4.79 Å². The van der Waals surface area contributed by atoms with E-state index in [1.807, 2.05) is 0 Å². The number of hydrogen-bond acceptors (Lipinski definition) is 4. The Balaban J connectivity index is 2.81. The van der Waals surface area contributed by atoms with Gasteiger partial charge in [0.1, 0.15) is 0 Å². The Hall–Kier alpha value is -1.67. The summed E-state index contributed by atoms with van der Waals surface area (Å²) in [6, 6.07) is 5.46. The topological polar surface area (TPSA) is 75.6 Å². The van der Waals surface area contributed by atoms with Crippen molar-refractivity contribution >= 4 is 23.6 Å². The van der Waals surface area contributed by atoms with Crippen molar-refractivity contribution in [3.05, 3.63) is 29.8 Å². The minimum absolute atomic E-state index is 0.178. The number of carboxylic acids is 1. The molecule has 0 aliphatic heterocycles. The third-order valence-electron chi connectivity index (χ3n) is 2.64. The summed E-state index contributed by atoms with van der Waals surface area (Å²) in [7, 11) is 1.32. The highest BCUT2D eigenvalue weighted by molar-refractivity contribution is 7.99. The summed E-state index contributed by atoms with van der Waals surface area (Å²) in [5.41, 5.74) is -1.39. The Bertz CT molecular complexity index is 509. The third-order valence-corrected chi connectivity index (χ3v) is 3.36. The lowest BCUT2D eigenvalue weighted by Gasteiger charge is -2.25. The van der Waals surface area contributed by atoms with Crippen LogP contribution in [0.25, 0.3) is 0 Å². The summed E-state index contributed by atoms with van der Waals surface area (Å²) in [5, 5.41) is 11.5. The number of carbonyl (C=O) groups excluding carboxylic acids is 1. The van der Waals surface area contributed by atoms with Crippen molar-refractivity contribution in [2.24, 2.45) is 0 Å². The number of amides is 1. The molecule has 1 amide bonds. The third kappa shape index (κ3) is 4.98. The summed E-state index contributed by atoms with van der Waals surface area (Å²) in [6.45, 7) is 1.12. The number of benzene rings is 1. The van der Waals surface area contributed by atoms with Gasteiger partial charge in [0.15, 0.2) is 5.54 Å². The van der Waals surface area contributed by atoms with E-state index in [1.54, 1.807) is 0 Å². The van der Waals surface area contributed by atoms with Gasteiger partial charge in [0, 0.05) is 17.6 Å². The van der Waals surface area contributed by atoms with Crippen molar-refractivity contribution in [2.45, 2.75) is 23.1 Å². The molecule has 2 N–H and O–H groups in total. The number of carboxylic acid groups (broad SMARTS) is 1. The van der Waals surface area contributed by atoms with E-state index in [1.165, 1.54) is 38.3 Å². The molecule has 0 saturated carbocycles. The van der Waals surface area contributed by atoms with Crippen LogP contribution >= 0.6 is 11.8 Å². The van der Waals surface area contributed by atoms with Gasteiger partial charge in [-0.2, -0.15) is 8.78 Å². The normalized spacial score (nSPS) is 13.8. The van der Waals surface area contributed by atoms with Gasteiger partial charge < -0.3 is 15.2 Å². The smallest absolute Gasteiger partial charge is 0.331 e. The number of methoxy groups -OCH3 is 1. The minimum atomic E-state index is -2.54. The fourth-order valence-corrected chi connectivity index (χ4v) is 2.05. The fraction of sp³-hybridized carbons (Fsp3) is 0.385. The molecule has 0 aliphatic carbocycles. The van der Waals surface area contributed by atoms with Crippen LogP contribution in [-0.2, 0) is 9.53 Å². The van der Waals surface area contributed by atoms with Gasteiger partial charge in [-0.1, -0.05) is 11.8 Å². The summed E-state index contributed by atoms with van der Waals surface area (Å²) in [5.74, 6) is -4.39. The second-order valence-corrected chi connectivity index (χ2v) is 5.49. The monoisotopic (exact) mass is 319 g/mol. The molecule has 0 radical (unpaired) electrons. The van der Waals surface area contributed by atoms with E-state index in [0.717, 1.165) is 0 Å². The molecular formula is C13H15F2NO4S. The van der Waals surface area contributed by atoms with Gasteiger partial charge in [-0.15, -0.1) is 0 Å². The first kappa shape index (κ1) is 17.4. The molecule has 1 aromatic carbocycles. The number of carbonyl (C=O) groups is 2. The van der Waals surface area contributed by atoms with Crippen molar-refractivity contribution in [3.8, 4) is 0 Å². The first-order valence-corrected chi connectivity index (χ1v) is 6.76.